The molecule has 0 radical (unpaired) electrons. The molecule has 1 atom stereocenters. The third kappa shape index (κ3) is 2.57. The lowest BCUT2D eigenvalue weighted by molar-refractivity contribution is -0.145. The predicted octanol–water partition coefficient (Wildman–Crippen LogP) is 0.731. The molecular formula is C13H20N2O5. The molecule has 1 aliphatic carbocycles. The van der Waals surface area contributed by atoms with Crippen LogP contribution in [0.3, 0.4) is 0 Å². The number of carbonyl (C=O) groups excluding carboxylic acids is 2. The summed E-state index contributed by atoms with van der Waals surface area (Å²) in [5.74, 6) is -1.45. The van der Waals surface area contributed by atoms with Gasteiger partial charge in [0.25, 0.3) is 0 Å². The Kier molecular flexibility index (Phi) is 4.15. The van der Waals surface area contributed by atoms with Gasteiger partial charge in [-0.1, -0.05) is 12.8 Å². The van der Waals surface area contributed by atoms with Crippen LogP contribution >= 0.6 is 0 Å². The molecule has 2 amide bonds. The molecule has 1 saturated carbocycles. The Morgan fingerprint density at radius 1 is 1.25 bits per heavy atom. The Hall–Kier alpha value is -1.79. The third-order valence-corrected chi connectivity index (χ3v) is 4.20. The summed E-state index contributed by atoms with van der Waals surface area (Å²) in [7, 11) is 1.28. The van der Waals surface area contributed by atoms with Crippen LogP contribution in [0.2, 0.25) is 0 Å². The minimum absolute atomic E-state index is 0.435. The SMILES string of the molecule is COC(=O)C1CCCN1C(=O)NC1(C(=O)O)CCCC1. The first-order valence-corrected chi connectivity index (χ1v) is 6.90. The maximum atomic E-state index is 12.3. The van der Waals surface area contributed by atoms with Crippen LogP contribution < -0.4 is 5.32 Å². The highest BCUT2D eigenvalue weighted by atomic mass is 16.5. The van der Waals surface area contributed by atoms with E-state index in [1.807, 2.05) is 0 Å². The van der Waals surface area contributed by atoms with Crippen molar-refractivity contribution in [2.75, 3.05) is 13.7 Å². The van der Waals surface area contributed by atoms with Crippen molar-refractivity contribution < 1.29 is 24.2 Å². The standard InChI is InChI=1S/C13H20N2O5/c1-20-10(16)9-5-4-8-15(9)12(19)14-13(11(17)18)6-2-3-7-13/h9H,2-8H2,1H3,(H,14,19)(H,17,18). The molecule has 1 aliphatic heterocycles. The quantitative estimate of drug-likeness (QED) is 0.745. The van der Waals surface area contributed by atoms with E-state index in [2.05, 4.69) is 10.1 Å². The molecule has 0 spiro atoms. The first kappa shape index (κ1) is 14.6. The van der Waals surface area contributed by atoms with E-state index in [0.29, 0.717) is 32.2 Å². The summed E-state index contributed by atoms with van der Waals surface area (Å²) in [4.78, 5) is 36.7. The van der Waals surface area contributed by atoms with Crippen molar-refractivity contribution >= 4 is 18.0 Å². The summed E-state index contributed by atoms with van der Waals surface area (Å²) in [6.45, 7) is 0.446. The van der Waals surface area contributed by atoms with Gasteiger partial charge in [0.1, 0.15) is 11.6 Å². The van der Waals surface area contributed by atoms with Gasteiger partial charge in [-0.25, -0.2) is 14.4 Å². The number of nitrogens with zero attached hydrogens (tertiary/aromatic N) is 1. The molecule has 1 saturated heterocycles. The second-order valence-corrected chi connectivity index (χ2v) is 5.40. The Morgan fingerprint density at radius 3 is 2.45 bits per heavy atom. The maximum Gasteiger partial charge on any atom is 0.329 e. The fourth-order valence-electron chi connectivity index (χ4n) is 3.04. The monoisotopic (exact) mass is 284 g/mol. The highest BCUT2D eigenvalue weighted by molar-refractivity contribution is 5.89. The molecule has 0 aromatic heterocycles. The third-order valence-electron chi connectivity index (χ3n) is 4.20. The fourth-order valence-corrected chi connectivity index (χ4v) is 3.04. The molecule has 0 bridgehead atoms. The number of hydrogen-bond donors (Lipinski definition) is 2. The van der Waals surface area contributed by atoms with Crippen molar-refractivity contribution in [1.29, 1.82) is 0 Å². The number of aliphatic carboxylic acids is 1. The molecule has 0 aromatic rings. The first-order chi connectivity index (χ1) is 9.50. The summed E-state index contributed by atoms with van der Waals surface area (Å²) < 4.78 is 4.68. The van der Waals surface area contributed by atoms with Crippen molar-refractivity contribution in [2.24, 2.45) is 0 Å². The molecule has 2 aliphatic rings. The minimum atomic E-state index is -1.18. The Bertz CT molecular complexity index is 417. The van der Waals surface area contributed by atoms with Crippen molar-refractivity contribution in [1.82, 2.24) is 10.2 Å². The van der Waals surface area contributed by atoms with Gasteiger partial charge in [-0.15, -0.1) is 0 Å². The lowest BCUT2D eigenvalue weighted by atomic mass is 9.98. The zero-order valence-electron chi connectivity index (χ0n) is 11.6. The highest BCUT2D eigenvalue weighted by Gasteiger charge is 2.45. The minimum Gasteiger partial charge on any atom is -0.480 e. The number of rotatable bonds is 3. The van der Waals surface area contributed by atoms with E-state index in [1.165, 1.54) is 12.0 Å². The number of likely N-dealkylation sites (tertiary alicyclic amines) is 1. The highest BCUT2D eigenvalue weighted by Crippen LogP contribution is 2.30. The molecule has 1 heterocycles. The number of ether oxygens (including phenoxy) is 1. The molecule has 2 rings (SSSR count). The van der Waals surface area contributed by atoms with Crippen LogP contribution in [-0.4, -0.2) is 53.2 Å². The van der Waals surface area contributed by atoms with Gasteiger partial charge in [-0.05, 0) is 25.7 Å². The second-order valence-electron chi connectivity index (χ2n) is 5.40. The Labute approximate surface area is 117 Å². The van der Waals surface area contributed by atoms with Crippen LogP contribution in [0.1, 0.15) is 38.5 Å². The molecular weight excluding hydrogens is 264 g/mol. The number of urea groups is 1. The lowest BCUT2D eigenvalue weighted by Gasteiger charge is -2.30. The summed E-state index contributed by atoms with van der Waals surface area (Å²) in [5, 5.41) is 12.0. The van der Waals surface area contributed by atoms with Gasteiger partial charge in [0.2, 0.25) is 0 Å². The van der Waals surface area contributed by atoms with Gasteiger partial charge in [-0.2, -0.15) is 0 Å². The van der Waals surface area contributed by atoms with E-state index in [9.17, 15) is 19.5 Å². The van der Waals surface area contributed by atoms with E-state index in [1.54, 1.807) is 0 Å². The number of methoxy groups -OCH3 is 1. The smallest absolute Gasteiger partial charge is 0.329 e. The number of hydrogen-bond acceptors (Lipinski definition) is 4. The van der Waals surface area contributed by atoms with E-state index in [4.69, 9.17) is 0 Å². The average Bonchev–Trinajstić information content (AvgIpc) is 3.06. The van der Waals surface area contributed by atoms with E-state index < -0.39 is 29.6 Å². The second kappa shape index (κ2) is 5.68. The number of nitrogens with one attached hydrogen (secondary N) is 1. The largest absolute Gasteiger partial charge is 0.480 e. The number of esters is 1. The van der Waals surface area contributed by atoms with Crippen LogP contribution in [0.4, 0.5) is 4.79 Å². The number of carboxylic acid groups (broad SMARTS) is 1. The molecule has 2 fully saturated rings. The van der Waals surface area contributed by atoms with Gasteiger partial charge < -0.3 is 20.1 Å². The molecule has 0 aromatic carbocycles. The molecule has 112 valence electrons. The molecule has 7 nitrogen and oxygen atoms in total. The van der Waals surface area contributed by atoms with Gasteiger partial charge in [0.15, 0.2) is 0 Å². The fraction of sp³-hybridized carbons (Fsp3) is 0.769. The maximum absolute atomic E-state index is 12.3. The zero-order valence-corrected chi connectivity index (χ0v) is 11.6. The summed E-state index contributed by atoms with van der Waals surface area (Å²) in [6, 6.07) is -1.09. The van der Waals surface area contributed by atoms with Crippen LogP contribution in [-0.2, 0) is 14.3 Å². The van der Waals surface area contributed by atoms with E-state index in [-0.39, 0.29) is 0 Å². The summed E-state index contributed by atoms with van der Waals surface area (Å²) in [6.07, 6.45) is 3.71. The average molecular weight is 284 g/mol. The zero-order chi connectivity index (χ0) is 14.8. The number of amides is 2. The first-order valence-electron chi connectivity index (χ1n) is 6.90. The molecule has 20 heavy (non-hydrogen) atoms. The molecule has 7 heteroatoms. The topological polar surface area (TPSA) is 95.9 Å². The normalized spacial score (nSPS) is 24.4. The summed E-state index contributed by atoms with van der Waals surface area (Å²) in [5.41, 5.74) is -1.18. The summed E-state index contributed by atoms with van der Waals surface area (Å²) >= 11 is 0. The van der Waals surface area contributed by atoms with Crippen LogP contribution in [0.15, 0.2) is 0 Å². The Balaban J connectivity index is 2.07. The van der Waals surface area contributed by atoms with Crippen molar-refractivity contribution in [3.63, 3.8) is 0 Å². The van der Waals surface area contributed by atoms with Gasteiger partial charge >= 0.3 is 18.0 Å². The van der Waals surface area contributed by atoms with Crippen molar-refractivity contribution in [2.45, 2.75) is 50.1 Å². The van der Waals surface area contributed by atoms with Crippen LogP contribution in [0, 0.1) is 0 Å². The number of carboxylic acids is 1. The number of carbonyl (C=O) groups is 3. The van der Waals surface area contributed by atoms with Crippen LogP contribution in [0.5, 0.6) is 0 Å². The molecule has 1 unspecified atom stereocenters. The van der Waals surface area contributed by atoms with E-state index >= 15 is 0 Å². The van der Waals surface area contributed by atoms with Gasteiger partial charge in [0.05, 0.1) is 7.11 Å². The van der Waals surface area contributed by atoms with Crippen molar-refractivity contribution in [3.05, 3.63) is 0 Å². The Morgan fingerprint density at radius 2 is 1.90 bits per heavy atom. The van der Waals surface area contributed by atoms with Gasteiger partial charge in [-0.3, -0.25) is 0 Å². The van der Waals surface area contributed by atoms with E-state index in [0.717, 1.165) is 12.8 Å². The van der Waals surface area contributed by atoms with Gasteiger partial charge in [0, 0.05) is 6.54 Å². The predicted molar refractivity (Wildman–Crippen MR) is 69.1 cm³/mol. The molecule has 2 N–H and O–H groups in total. The van der Waals surface area contributed by atoms with Crippen LogP contribution in [0.25, 0.3) is 0 Å². The van der Waals surface area contributed by atoms with Crippen molar-refractivity contribution in [3.8, 4) is 0 Å². The lowest BCUT2D eigenvalue weighted by Crippen LogP contribution is -2.58.